The minimum atomic E-state index is -0.0264. The maximum atomic E-state index is 8.86. The van der Waals surface area contributed by atoms with Crippen LogP contribution in [0.25, 0.3) is 0 Å². The SMILES string of the molecule is CC(C)c1c(CO)nnn1C. The average Bonchev–Trinajstić information content (AvgIpc) is 2.30. The second kappa shape index (κ2) is 3.00. The van der Waals surface area contributed by atoms with Crippen LogP contribution in [0, 0.1) is 0 Å². The van der Waals surface area contributed by atoms with Crippen molar-refractivity contribution >= 4 is 0 Å². The van der Waals surface area contributed by atoms with Gasteiger partial charge in [0.15, 0.2) is 0 Å². The van der Waals surface area contributed by atoms with Crippen LogP contribution in [0.15, 0.2) is 0 Å². The maximum absolute atomic E-state index is 8.86. The highest BCUT2D eigenvalue weighted by Gasteiger charge is 2.12. The Morgan fingerprint density at radius 2 is 2.18 bits per heavy atom. The van der Waals surface area contributed by atoms with Gasteiger partial charge in [0.25, 0.3) is 0 Å². The Labute approximate surface area is 65.8 Å². The molecule has 0 saturated heterocycles. The fourth-order valence-electron chi connectivity index (χ4n) is 1.23. The van der Waals surface area contributed by atoms with Crippen molar-refractivity contribution in [2.75, 3.05) is 0 Å². The van der Waals surface area contributed by atoms with E-state index in [1.54, 1.807) is 4.68 Å². The second-order valence-corrected chi connectivity index (χ2v) is 2.86. The van der Waals surface area contributed by atoms with Gasteiger partial charge in [-0.25, -0.2) is 0 Å². The molecular formula is C7H13N3O. The summed E-state index contributed by atoms with van der Waals surface area (Å²) in [5, 5.41) is 16.5. The lowest BCUT2D eigenvalue weighted by Crippen LogP contribution is -2.02. The Kier molecular flexibility index (Phi) is 2.24. The van der Waals surface area contributed by atoms with Crippen LogP contribution in [0.5, 0.6) is 0 Å². The third kappa shape index (κ3) is 1.40. The molecule has 1 aromatic rings. The topological polar surface area (TPSA) is 50.9 Å². The molecule has 4 heteroatoms. The van der Waals surface area contributed by atoms with E-state index in [1.807, 2.05) is 7.05 Å². The van der Waals surface area contributed by atoms with Gasteiger partial charge >= 0.3 is 0 Å². The molecule has 0 bridgehead atoms. The summed E-state index contributed by atoms with van der Waals surface area (Å²) in [5.74, 6) is 0.358. The first-order valence-electron chi connectivity index (χ1n) is 3.66. The first-order valence-corrected chi connectivity index (χ1v) is 3.66. The summed E-state index contributed by atoms with van der Waals surface area (Å²) in [6, 6.07) is 0. The van der Waals surface area contributed by atoms with Crippen molar-refractivity contribution < 1.29 is 5.11 Å². The van der Waals surface area contributed by atoms with Crippen LogP contribution in [0.3, 0.4) is 0 Å². The van der Waals surface area contributed by atoms with Gasteiger partial charge in [-0.1, -0.05) is 19.1 Å². The van der Waals surface area contributed by atoms with Gasteiger partial charge in [0.05, 0.1) is 12.3 Å². The zero-order chi connectivity index (χ0) is 8.43. The lowest BCUT2D eigenvalue weighted by molar-refractivity contribution is 0.275. The van der Waals surface area contributed by atoms with Gasteiger partial charge in [0, 0.05) is 7.05 Å². The van der Waals surface area contributed by atoms with Crippen LogP contribution in [-0.4, -0.2) is 20.1 Å². The van der Waals surface area contributed by atoms with E-state index < -0.39 is 0 Å². The minimum Gasteiger partial charge on any atom is -0.390 e. The molecule has 0 amide bonds. The van der Waals surface area contributed by atoms with Crippen molar-refractivity contribution in [1.82, 2.24) is 15.0 Å². The molecule has 1 N–H and O–H groups in total. The number of nitrogens with zero attached hydrogens (tertiary/aromatic N) is 3. The highest BCUT2D eigenvalue weighted by atomic mass is 16.3. The fraction of sp³-hybridized carbons (Fsp3) is 0.714. The van der Waals surface area contributed by atoms with E-state index in [1.165, 1.54) is 0 Å². The number of hydrogen-bond donors (Lipinski definition) is 1. The standard InChI is InChI=1S/C7H13N3O/c1-5(2)7-6(4-11)8-9-10(7)3/h5,11H,4H2,1-3H3. The van der Waals surface area contributed by atoms with E-state index >= 15 is 0 Å². The number of aliphatic hydroxyl groups is 1. The van der Waals surface area contributed by atoms with Gasteiger partial charge in [0.2, 0.25) is 0 Å². The van der Waals surface area contributed by atoms with Crippen molar-refractivity contribution in [1.29, 1.82) is 0 Å². The van der Waals surface area contributed by atoms with Crippen molar-refractivity contribution in [3.63, 3.8) is 0 Å². The van der Waals surface area contributed by atoms with E-state index in [-0.39, 0.29) is 6.61 Å². The molecule has 4 nitrogen and oxygen atoms in total. The monoisotopic (exact) mass is 155 g/mol. The van der Waals surface area contributed by atoms with Crippen LogP contribution in [0.1, 0.15) is 31.2 Å². The molecule has 0 fully saturated rings. The lowest BCUT2D eigenvalue weighted by Gasteiger charge is -2.05. The summed E-state index contributed by atoms with van der Waals surface area (Å²) in [6.45, 7) is 4.08. The number of aromatic nitrogens is 3. The van der Waals surface area contributed by atoms with Gasteiger partial charge in [0.1, 0.15) is 5.69 Å². The zero-order valence-corrected chi connectivity index (χ0v) is 7.07. The zero-order valence-electron chi connectivity index (χ0n) is 7.07. The highest BCUT2D eigenvalue weighted by molar-refractivity contribution is 5.12. The van der Waals surface area contributed by atoms with Gasteiger partial charge in [-0.3, -0.25) is 4.68 Å². The summed E-state index contributed by atoms with van der Waals surface area (Å²) < 4.78 is 1.70. The molecule has 0 aliphatic heterocycles. The molecule has 0 unspecified atom stereocenters. The van der Waals surface area contributed by atoms with Crippen molar-refractivity contribution in [3.05, 3.63) is 11.4 Å². The Balaban J connectivity index is 3.07. The summed E-state index contributed by atoms with van der Waals surface area (Å²) in [5.41, 5.74) is 1.69. The van der Waals surface area contributed by atoms with Crippen LogP contribution < -0.4 is 0 Å². The Morgan fingerprint density at radius 3 is 2.55 bits per heavy atom. The van der Waals surface area contributed by atoms with E-state index in [0.717, 1.165) is 5.69 Å². The molecular weight excluding hydrogens is 142 g/mol. The smallest absolute Gasteiger partial charge is 0.112 e. The maximum Gasteiger partial charge on any atom is 0.112 e. The number of rotatable bonds is 2. The highest BCUT2D eigenvalue weighted by Crippen LogP contribution is 2.15. The summed E-state index contributed by atoms with van der Waals surface area (Å²) in [7, 11) is 1.83. The van der Waals surface area contributed by atoms with Crippen LogP contribution >= 0.6 is 0 Å². The predicted molar refractivity (Wildman–Crippen MR) is 41.0 cm³/mol. The molecule has 1 heterocycles. The molecule has 0 radical (unpaired) electrons. The van der Waals surface area contributed by atoms with Gasteiger partial charge in [-0.05, 0) is 5.92 Å². The van der Waals surface area contributed by atoms with Crippen molar-refractivity contribution in [3.8, 4) is 0 Å². The molecule has 0 spiro atoms. The van der Waals surface area contributed by atoms with Gasteiger partial charge < -0.3 is 5.11 Å². The number of aryl methyl sites for hydroxylation is 1. The third-order valence-electron chi connectivity index (χ3n) is 1.64. The predicted octanol–water partition coefficient (Wildman–Crippen LogP) is 0.431. The largest absolute Gasteiger partial charge is 0.390 e. The molecule has 62 valence electrons. The Morgan fingerprint density at radius 1 is 1.55 bits per heavy atom. The average molecular weight is 155 g/mol. The summed E-state index contributed by atoms with van der Waals surface area (Å²) in [4.78, 5) is 0. The third-order valence-corrected chi connectivity index (χ3v) is 1.64. The van der Waals surface area contributed by atoms with Crippen LogP contribution in [0.4, 0.5) is 0 Å². The van der Waals surface area contributed by atoms with E-state index in [9.17, 15) is 0 Å². The minimum absolute atomic E-state index is 0.0264. The normalized spacial score (nSPS) is 11.0. The lowest BCUT2D eigenvalue weighted by atomic mass is 10.1. The molecule has 0 aliphatic rings. The van der Waals surface area contributed by atoms with Crippen molar-refractivity contribution in [2.45, 2.75) is 26.4 Å². The van der Waals surface area contributed by atoms with Crippen LogP contribution in [0.2, 0.25) is 0 Å². The van der Waals surface area contributed by atoms with E-state index in [4.69, 9.17) is 5.11 Å². The van der Waals surface area contributed by atoms with E-state index in [2.05, 4.69) is 24.2 Å². The molecule has 1 aromatic heterocycles. The molecule has 1 rings (SSSR count). The van der Waals surface area contributed by atoms with Crippen molar-refractivity contribution in [2.24, 2.45) is 7.05 Å². The molecule has 0 aromatic carbocycles. The molecule has 0 saturated carbocycles. The van der Waals surface area contributed by atoms with Crippen LogP contribution in [-0.2, 0) is 13.7 Å². The number of aliphatic hydroxyl groups excluding tert-OH is 1. The molecule has 0 aliphatic carbocycles. The summed E-state index contributed by atoms with van der Waals surface area (Å²) >= 11 is 0. The van der Waals surface area contributed by atoms with Gasteiger partial charge in [-0.15, -0.1) is 5.10 Å². The number of hydrogen-bond acceptors (Lipinski definition) is 3. The quantitative estimate of drug-likeness (QED) is 0.673. The van der Waals surface area contributed by atoms with E-state index in [0.29, 0.717) is 11.6 Å². The Bertz CT molecular complexity index is 242. The molecule has 0 atom stereocenters. The summed E-state index contributed by atoms with van der Waals surface area (Å²) in [6.07, 6.45) is 0. The van der Waals surface area contributed by atoms with Gasteiger partial charge in [-0.2, -0.15) is 0 Å². The second-order valence-electron chi connectivity index (χ2n) is 2.86. The Hall–Kier alpha value is -0.900. The first-order chi connectivity index (χ1) is 5.16. The molecule has 11 heavy (non-hydrogen) atoms. The first kappa shape index (κ1) is 8.20. The fourth-order valence-corrected chi connectivity index (χ4v) is 1.23.